The topological polar surface area (TPSA) is 35.2 Å². The number of fused-ring (bicyclic) bond motifs is 1. The Hall–Kier alpha value is -1.02. The van der Waals surface area contributed by atoms with Gasteiger partial charge in [0.05, 0.1) is 0 Å². The van der Waals surface area contributed by atoms with Gasteiger partial charge in [-0.3, -0.25) is 0 Å². The molecule has 1 spiro atoms. The predicted octanol–water partition coefficient (Wildman–Crippen LogP) is 3.97. The molecule has 1 aliphatic carbocycles. The van der Waals surface area contributed by atoms with E-state index in [1.54, 1.807) is 0 Å². The second kappa shape index (κ2) is 4.52. The molecule has 1 saturated carbocycles. The van der Waals surface area contributed by atoms with E-state index in [0.29, 0.717) is 0 Å². The number of ether oxygens (including phenoxy) is 1. The zero-order valence-electron chi connectivity index (χ0n) is 12.3. The summed E-state index contributed by atoms with van der Waals surface area (Å²) in [5.41, 5.74) is 8.87. The Balaban J connectivity index is 1.94. The summed E-state index contributed by atoms with van der Waals surface area (Å²) < 4.78 is 6.45. The second-order valence-electron chi connectivity index (χ2n) is 6.99. The van der Waals surface area contributed by atoms with Crippen molar-refractivity contribution in [3.05, 3.63) is 29.3 Å². The molecule has 0 bridgehead atoms. The molecule has 2 nitrogen and oxygen atoms in total. The second-order valence-corrected chi connectivity index (χ2v) is 6.99. The normalized spacial score (nSPS) is 37.8. The number of benzene rings is 1. The van der Waals surface area contributed by atoms with Crippen LogP contribution < -0.4 is 10.5 Å². The Morgan fingerprint density at radius 3 is 2.53 bits per heavy atom. The molecule has 2 heteroatoms. The molecule has 3 rings (SSSR count). The third-order valence-corrected chi connectivity index (χ3v) is 4.73. The maximum atomic E-state index is 6.45. The fourth-order valence-corrected chi connectivity index (χ4v) is 4.29. The third kappa shape index (κ3) is 2.38. The molecule has 0 aromatic heterocycles. The lowest BCUT2D eigenvalue weighted by atomic mass is 9.69. The van der Waals surface area contributed by atoms with E-state index in [1.165, 1.54) is 17.5 Å². The lowest BCUT2D eigenvalue weighted by Gasteiger charge is -2.47. The van der Waals surface area contributed by atoms with Crippen LogP contribution in [-0.4, -0.2) is 5.60 Å². The molecule has 2 unspecified atom stereocenters. The van der Waals surface area contributed by atoms with Crippen LogP contribution in [0.1, 0.15) is 56.7 Å². The molecule has 0 amide bonds. The summed E-state index contributed by atoms with van der Waals surface area (Å²) in [4.78, 5) is 0. The molecule has 104 valence electrons. The summed E-state index contributed by atoms with van der Waals surface area (Å²) in [6, 6.07) is 6.54. The first-order chi connectivity index (χ1) is 8.97. The van der Waals surface area contributed by atoms with Crippen molar-refractivity contribution >= 4 is 0 Å². The Labute approximate surface area is 116 Å². The highest BCUT2D eigenvalue weighted by molar-refractivity contribution is 5.41. The van der Waals surface area contributed by atoms with E-state index in [1.807, 2.05) is 0 Å². The molecule has 1 aromatic rings. The van der Waals surface area contributed by atoms with E-state index in [2.05, 4.69) is 39.0 Å². The van der Waals surface area contributed by atoms with Crippen molar-refractivity contribution in [2.75, 3.05) is 0 Å². The first kappa shape index (κ1) is 13.0. The molecule has 0 radical (unpaired) electrons. The van der Waals surface area contributed by atoms with Gasteiger partial charge in [0.1, 0.15) is 11.4 Å². The lowest BCUT2D eigenvalue weighted by Crippen LogP contribution is -2.48. The first-order valence-electron chi connectivity index (χ1n) is 7.52. The van der Waals surface area contributed by atoms with Gasteiger partial charge in [0, 0.05) is 18.0 Å². The van der Waals surface area contributed by atoms with Crippen LogP contribution in [0.4, 0.5) is 0 Å². The van der Waals surface area contributed by atoms with Crippen LogP contribution in [0.15, 0.2) is 18.2 Å². The van der Waals surface area contributed by atoms with Gasteiger partial charge in [-0.25, -0.2) is 0 Å². The van der Waals surface area contributed by atoms with Crippen LogP contribution in [0.3, 0.4) is 0 Å². The zero-order valence-corrected chi connectivity index (χ0v) is 12.3. The van der Waals surface area contributed by atoms with E-state index in [-0.39, 0.29) is 11.6 Å². The van der Waals surface area contributed by atoms with Gasteiger partial charge in [0.15, 0.2) is 0 Å². The van der Waals surface area contributed by atoms with Crippen LogP contribution in [0.2, 0.25) is 0 Å². The van der Waals surface area contributed by atoms with Crippen molar-refractivity contribution in [2.24, 2.45) is 17.6 Å². The van der Waals surface area contributed by atoms with Crippen molar-refractivity contribution in [2.45, 2.75) is 58.1 Å². The minimum Gasteiger partial charge on any atom is -0.487 e. The molecule has 3 atom stereocenters. The van der Waals surface area contributed by atoms with E-state index < -0.39 is 0 Å². The van der Waals surface area contributed by atoms with Gasteiger partial charge in [-0.2, -0.15) is 0 Å². The quantitative estimate of drug-likeness (QED) is 0.765. The molecule has 1 aliphatic heterocycles. The maximum absolute atomic E-state index is 6.45. The van der Waals surface area contributed by atoms with Gasteiger partial charge < -0.3 is 10.5 Å². The van der Waals surface area contributed by atoms with Crippen LogP contribution in [0, 0.1) is 18.8 Å². The maximum Gasteiger partial charge on any atom is 0.124 e. The Morgan fingerprint density at radius 2 is 1.84 bits per heavy atom. The summed E-state index contributed by atoms with van der Waals surface area (Å²) in [7, 11) is 0. The number of nitrogens with two attached hydrogens (primary N) is 1. The molecule has 2 aliphatic rings. The Bertz CT molecular complexity index is 472. The average Bonchev–Trinajstić information content (AvgIpc) is 2.28. The monoisotopic (exact) mass is 259 g/mol. The SMILES string of the molecule is Cc1ccc2c(c1)[C@@H](N)CC1(CC(C)CC(C)C1)O2. The van der Waals surface area contributed by atoms with Gasteiger partial charge >= 0.3 is 0 Å². The predicted molar refractivity (Wildman–Crippen MR) is 78.3 cm³/mol. The minimum absolute atomic E-state index is 0.0151. The fraction of sp³-hybridized carbons (Fsp3) is 0.647. The smallest absolute Gasteiger partial charge is 0.124 e. The first-order valence-corrected chi connectivity index (χ1v) is 7.52. The van der Waals surface area contributed by atoms with Crippen molar-refractivity contribution in [1.29, 1.82) is 0 Å². The van der Waals surface area contributed by atoms with Crippen molar-refractivity contribution in [3.63, 3.8) is 0 Å². The van der Waals surface area contributed by atoms with E-state index in [4.69, 9.17) is 10.5 Å². The summed E-state index contributed by atoms with van der Waals surface area (Å²) in [5, 5.41) is 0. The largest absolute Gasteiger partial charge is 0.487 e. The summed E-state index contributed by atoms with van der Waals surface area (Å²) in [6.07, 6.45) is 4.59. The minimum atomic E-state index is -0.0151. The molecule has 1 heterocycles. The van der Waals surface area contributed by atoms with Gasteiger partial charge in [-0.15, -0.1) is 0 Å². The fourth-order valence-electron chi connectivity index (χ4n) is 4.29. The van der Waals surface area contributed by atoms with Crippen LogP contribution in [-0.2, 0) is 0 Å². The van der Waals surface area contributed by atoms with Crippen molar-refractivity contribution in [1.82, 2.24) is 0 Å². The number of aryl methyl sites for hydroxylation is 1. The molecule has 1 aromatic carbocycles. The summed E-state index contributed by atoms with van der Waals surface area (Å²) >= 11 is 0. The third-order valence-electron chi connectivity index (χ3n) is 4.73. The molecule has 19 heavy (non-hydrogen) atoms. The summed E-state index contributed by atoms with van der Waals surface area (Å²) in [5.74, 6) is 2.50. The zero-order chi connectivity index (χ0) is 13.6. The lowest BCUT2D eigenvalue weighted by molar-refractivity contribution is -0.0311. The number of hydrogen-bond acceptors (Lipinski definition) is 2. The molecular weight excluding hydrogens is 234 g/mol. The average molecular weight is 259 g/mol. The van der Waals surface area contributed by atoms with Gasteiger partial charge in [0.2, 0.25) is 0 Å². The molecular formula is C17H25NO. The van der Waals surface area contributed by atoms with E-state index >= 15 is 0 Å². The van der Waals surface area contributed by atoms with E-state index in [9.17, 15) is 0 Å². The van der Waals surface area contributed by atoms with Crippen LogP contribution in [0.25, 0.3) is 0 Å². The highest BCUT2D eigenvalue weighted by Crippen LogP contribution is 2.48. The van der Waals surface area contributed by atoms with Crippen molar-refractivity contribution in [3.8, 4) is 5.75 Å². The Morgan fingerprint density at radius 1 is 1.16 bits per heavy atom. The summed E-state index contributed by atoms with van der Waals surface area (Å²) in [6.45, 7) is 6.80. The molecule has 2 N–H and O–H groups in total. The van der Waals surface area contributed by atoms with Gasteiger partial charge in [-0.05, 0) is 44.1 Å². The highest BCUT2D eigenvalue weighted by atomic mass is 16.5. The Kier molecular flexibility index (Phi) is 3.09. The molecule has 0 saturated heterocycles. The van der Waals surface area contributed by atoms with Gasteiger partial charge in [-0.1, -0.05) is 31.5 Å². The van der Waals surface area contributed by atoms with Crippen LogP contribution in [0.5, 0.6) is 5.75 Å². The van der Waals surface area contributed by atoms with Gasteiger partial charge in [0.25, 0.3) is 0 Å². The molecule has 1 fully saturated rings. The highest BCUT2D eigenvalue weighted by Gasteiger charge is 2.44. The van der Waals surface area contributed by atoms with Crippen LogP contribution >= 0.6 is 0 Å². The van der Waals surface area contributed by atoms with E-state index in [0.717, 1.165) is 36.8 Å². The van der Waals surface area contributed by atoms with Crippen molar-refractivity contribution < 1.29 is 4.74 Å². The number of hydrogen-bond donors (Lipinski definition) is 1. The standard InChI is InChI=1S/C17H25NO/c1-11-4-5-16-14(7-11)15(18)10-17(19-16)8-12(2)6-13(3)9-17/h4-5,7,12-13,15H,6,8-10,18H2,1-3H3/t12?,13?,15-,17?/m0/s1. The number of rotatable bonds is 0.